The summed E-state index contributed by atoms with van der Waals surface area (Å²) in [6.07, 6.45) is 1.96. The summed E-state index contributed by atoms with van der Waals surface area (Å²) in [5, 5.41) is 15.4. The summed E-state index contributed by atoms with van der Waals surface area (Å²) in [4.78, 5) is 11.7. The maximum Gasteiger partial charge on any atom is 0.335 e. The van der Waals surface area contributed by atoms with E-state index in [1.807, 2.05) is 54.6 Å². The number of aryl methyl sites for hydroxylation is 2. The number of nitrogens with zero attached hydrogens (tertiary/aromatic N) is 2. The molecule has 0 saturated heterocycles. The zero-order chi connectivity index (χ0) is 26.2. The third-order valence-corrected chi connectivity index (χ3v) is 8.60. The van der Waals surface area contributed by atoms with Crippen LogP contribution in [0.4, 0.5) is 0 Å². The molecule has 0 saturated carbocycles. The van der Waals surface area contributed by atoms with Crippen molar-refractivity contribution in [2.24, 2.45) is 0 Å². The molecule has 1 atom stereocenters. The molecule has 0 bridgehead atoms. The summed E-state index contributed by atoms with van der Waals surface area (Å²) in [6, 6.07) is 24.9. The lowest BCUT2D eigenvalue weighted by molar-refractivity contribution is 0.0697. The van der Waals surface area contributed by atoms with E-state index in [1.54, 1.807) is 22.9 Å². The number of benzene rings is 4. The van der Waals surface area contributed by atoms with Gasteiger partial charge in [0.1, 0.15) is 5.25 Å². The number of hydrogen-bond donors (Lipinski definition) is 1. The van der Waals surface area contributed by atoms with Crippen molar-refractivity contribution in [2.45, 2.75) is 23.2 Å². The molecular weight excluding hydrogens is 508 g/mol. The Morgan fingerprint density at radius 1 is 1.00 bits per heavy atom. The maximum absolute atomic E-state index is 14.1. The molecule has 37 heavy (non-hydrogen) atoms. The minimum Gasteiger partial charge on any atom is -0.478 e. The van der Waals surface area contributed by atoms with Gasteiger partial charge >= 0.3 is 5.97 Å². The molecule has 0 spiro atoms. The fourth-order valence-corrected chi connectivity index (χ4v) is 6.56. The van der Waals surface area contributed by atoms with Crippen LogP contribution in [0.2, 0.25) is 5.02 Å². The molecule has 0 radical (unpaired) electrons. The summed E-state index contributed by atoms with van der Waals surface area (Å²) in [6.45, 7) is 4.21. The van der Waals surface area contributed by atoms with Gasteiger partial charge < -0.3 is 5.11 Å². The minimum atomic E-state index is -4.10. The smallest absolute Gasteiger partial charge is 0.335 e. The molecule has 0 aliphatic rings. The number of rotatable bonds is 8. The highest BCUT2D eigenvalue weighted by Crippen LogP contribution is 2.37. The lowest BCUT2D eigenvalue weighted by Crippen LogP contribution is -2.14. The third-order valence-electron chi connectivity index (χ3n) is 6.41. The van der Waals surface area contributed by atoms with Gasteiger partial charge in [0.05, 0.1) is 11.1 Å². The van der Waals surface area contributed by atoms with Crippen LogP contribution in [0, 0.1) is 0 Å². The van der Waals surface area contributed by atoms with E-state index in [0.717, 1.165) is 16.3 Å². The first-order valence-corrected chi connectivity index (χ1v) is 13.5. The van der Waals surface area contributed by atoms with Crippen LogP contribution in [-0.2, 0) is 22.8 Å². The molecule has 5 rings (SSSR count). The van der Waals surface area contributed by atoms with E-state index in [9.17, 15) is 18.3 Å². The fraction of sp³-hybridized carbons (Fsp3) is 0.103. The molecule has 1 unspecified atom stereocenters. The number of aromatic nitrogens is 2. The first kappa shape index (κ1) is 24.7. The second-order valence-electron chi connectivity index (χ2n) is 8.71. The molecule has 6 nitrogen and oxygen atoms in total. The highest BCUT2D eigenvalue weighted by Gasteiger charge is 2.33. The van der Waals surface area contributed by atoms with Crippen molar-refractivity contribution in [1.29, 1.82) is 0 Å². The zero-order valence-corrected chi connectivity index (χ0v) is 21.3. The van der Waals surface area contributed by atoms with Gasteiger partial charge in [0.25, 0.3) is 0 Å². The van der Waals surface area contributed by atoms with Gasteiger partial charge in [-0.1, -0.05) is 72.3 Å². The van der Waals surface area contributed by atoms with E-state index in [1.165, 1.54) is 18.2 Å². The Bertz CT molecular complexity index is 1770. The van der Waals surface area contributed by atoms with E-state index in [2.05, 4.69) is 11.7 Å². The molecule has 1 N–H and O–H groups in total. The molecule has 1 heterocycles. The number of carboxylic acid groups (broad SMARTS) is 1. The van der Waals surface area contributed by atoms with Gasteiger partial charge in [-0.25, -0.2) is 13.2 Å². The number of carboxylic acids is 1. The zero-order valence-electron chi connectivity index (χ0n) is 19.7. The summed E-state index contributed by atoms with van der Waals surface area (Å²) >= 11 is 6.12. The Kier molecular flexibility index (Phi) is 6.58. The molecular formula is C29H23ClN2O4S. The molecule has 0 aliphatic heterocycles. The number of fused-ring (bicyclic) bond motifs is 2. The van der Waals surface area contributed by atoms with Gasteiger partial charge in [-0.15, -0.1) is 6.58 Å². The molecule has 8 heteroatoms. The van der Waals surface area contributed by atoms with Gasteiger partial charge in [-0.3, -0.25) is 4.68 Å². The molecule has 0 aliphatic carbocycles. The van der Waals surface area contributed by atoms with Crippen molar-refractivity contribution < 1.29 is 18.3 Å². The van der Waals surface area contributed by atoms with E-state index < -0.39 is 21.1 Å². The Hall–Kier alpha value is -3.94. The van der Waals surface area contributed by atoms with Gasteiger partial charge in [-0.2, -0.15) is 5.10 Å². The van der Waals surface area contributed by atoms with E-state index in [4.69, 9.17) is 11.6 Å². The van der Waals surface area contributed by atoms with Crippen LogP contribution in [-0.4, -0.2) is 29.3 Å². The van der Waals surface area contributed by atoms with Crippen LogP contribution in [0.3, 0.4) is 0 Å². The Balaban J connectivity index is 1.65. The summed E-state index contributed by atoms with van der Waals surface area (Å²) in [7, 11) is -4.10. The third kappa shape index (κ3) is 4.63. The predicted molar refractivity (Wildman–Crippen MR) is 146 cm³/mol. The van der Waals surface area contributed by atoms with Crippen LogP contribution in [0.1, 0.15) is 26.7 Å². The first-order chi connectivity index (χ1) is 17.8. The van der Waals surface area contributed by atoms with E-state index >= 15 is 0 Å². The largest absolute Gasteiger partial charge is 0.478 e. The highest BCUT2D eigenvalue weighted by atomic mass is 35.5. The molecule has 5 aromatic rings. The van der Waals surface area contributed by atoms with Crippen molar-refractivity contribution in [3.05, 3.63) is 119 Å². The lowest BCUT2D eigenvalue weighted by Gasteiger charge is -2.15. The van der Waals surface area contributed by atoms with Gasteiger partial charge in [0, 0.05) is 17.0 Å². The van der Waals surface area contributed by atoms with Crippen molar-refractivity contribution in [3.63, 3.8) is 0 Å². The van der Waals surface area contributed by atoms with Crippen LogP contribution >= 0.6 is 11.6 Å². The Morgan fingerprint density at radius 3 is 2.51 bits per heavy atom. The number of sulfone groups is 1. The fourth-order valence-electron chi connectivity index (χ4n) is 4.63. The normalized spacial score (nSPS) is 12.6. The topological polar surface area (TPSA) is 89.3 Å². The van der Waals surface area contributed by atoms with Crippen molar-refractivity contribution >= 4 is 49.1 Å². The molecule has 1 aromatic heterocycles. The van der Waals surface area contributed by atoms with Crippen LogP contribution in [0.15, 0.2) is 103 Å². The van der Waals surface area contributed by atoms with Gasteiger partial charge in [0.15, 0.2) is 5.03 Å². The first-order valence-electron chi connectivity index (χ1n) is 11.6. The van der Waals surface area contributed by atoms with Crippen LogP contribution < -0.4 is 0 Å². The second kappa shape index (κ2) is 9.84. The van der Waals surface area contributed by atoms with Gasteiger partial charge in [0.2, 0.25) is 9.84 Å². The average molecular weight is 531 g/mol. The highest BCUT2D eigenvalue weighted by molar-refractivity contribution is 7.92. The van der Waals surface area contributed by atoms with Crippen LogP contribution in [0.5, 0.6) is 0 Å². The lowest BCUT2D eigenvalue weighted by atomic mass is 10.0. The second-order valence-corrected chi connectivity index (χ2v) is 11.1. The predicted octanol–water partition coefficient (Wildman–Crippen LogP) is 6.48. The summed E-state index contributed by atoms with van der Waals surface area (Å²) in [5.41, 5.74) is 2.08. The standard InChI is InChI=1S/C29H23ClN2O4S/c1-2-27(24-12-6-9-20-8-3-4-11-23(20)24)37(35,36)28-25-18-21(29(33)34)13-14-26(25)32(31-28)16-15-19-7-5-10-22(30)17-19/h2-14,17-18,27H,1,15-16H2,(H,33,34). The summed E-state index contributed by atoms with van der Waals surface area (Å²) < 4.78 is 29.9. The monoisotopic (exact) mass is 530 g/mol. The SMILES string of the molecule is C=CC(c1cccc2ccccc12)S(=O)(=O)c1nn(CCc2cccc(Cl)c2)c2ccc(C(=O)O)cc12. The molecule has 4 aromatic carbocycles. The minimum absolute atomic E-state index is 0.0151. The average Bonchev–Trinajstić information content (AvgIpc) is 3.27. The summed E-state index contributed by atoms with van der Waals surface area (Å²) in [5.74, 6) is -1.15. The Morgan fingerprint density at radius 2 is 1.76 bits per heavy atom. The molecule has 0 fully saturated rings. The van der Waals surface area contributed by atoms with Gasteiger partial charge in [-0.05, 0) is 58.7 Å². The van der Waals surface area contributed by atoms with E-state index in [0.29, 0.717) is 29.1 Å². The van der Waals surface area contributed by atoms with Crippen molar-refractivity contribution in [1.82, 2.24) is 9.78 Å². The van der Waals surface area contributed by atoms with Crippen LogP contribution in [0.25, 0.3) is 21.7 Å². The number of halogens is 1. The van der Waals surface area contributed by atoms with Crippen molar-refractivity contribution in [2.75, 3.05) is 0 Å². The quantitative estimate of drug-likeness (QED) is 0.232. The maximum atomic E-state index is 14.1. The molecule has 0 amide bonds. The van der Waals surface area contributed by atoms with Crippen molar-refractivity contribution in [3.8, 4) is 0 Å². The molecule has 186 valence electrons. The van der Waals surface area contributed by atoms with E-state index in [-0.39, 0.29) is 16.0 Å². The number of aromatic carboxylic acids is 1. The Labute approximate surface area is 219 Å². The number of carbonyl (C=O) groups is 1. The number of hydrogen-bond acceptors (Lipinski definition) is 4.